The average Bonchev–Trinajstić information content (AvgIpc) is 2.48. The number of hydrogen-bond donors (Lipinski definition) is 0. The molecule has 0 fully saturated rings. The van der Waals surface area contributed by atoms with Crippen molar-refractivity contribution in [1.82, 2.24) is 0 Å². The van der Waals surface area contributed by atoms with Crippen molar-refractivity contribution in [3.8, 4) is 0 Å². The minimum Gasteiger partial charge on any atom is -0.550 e. The molecule has 116 valence electrons. The van der Waals surface area contributed by atoms with E-state index in [0.29, 0.717) is 6.42 Å². The molecule has 1 atom stereocenters. The third-order valence-electron chi connectivity index (χ3n) is 4.80. The van der Waals surface area contributed by atoms with E-state index in [-0.39, 0.29) is 0 Å². The smallest absolute Gasteiger partial charge is 0.0457 e. The van der Waals surface area contributed by atoms with Gasteiger partial charge < -0.3 is 9.90 Å². The Morgan fingerprint density at radius 3 is 1.73 bits per heavy atom. The van der Waals surface area contributed by atoms with Crippen LogP contribution in [0.1, 0.15) is 42.5 Å². The highest BCUT2D eigenvalue weighted by Gasteiger charge is 2.39. The van der Waals surface area contributed by atoms with Crippen molar-refractivity contribution in [3.05, 3.63) is 70.8 Å². The lowest BCUT2D eigenvalue weighted by Crippen LogP contribution is -2.45. The summed E-state index contributed by atoms with van der Waals surface area (Å²) in [5.74, 6) is -1.56. The van der Waals surface area contributed by atoms with E-state index in [9.17, 15) is 9.90 Å². The van der Waals surface area contributed by atoms with Crippen molar-refractivity contribution in [1.29, 1.82) is 0 Å². The molecular weight excluding hydrogens is 272 g/mol. The molecule has 0 radical (unpaired) electrons. The summed E-state index contributed by atoms with van der Waals surface area (Å²) >= 11 is 0. The fourth-order valence-electron chi connectivity index (χ4n) is 3.64. The van der Waals surface area contributed by atoms with E-state index in [1.165, 1.54) is 0 Å². The molecule has 0 amide bonds. The summed E-state index contributed by atoms with van der Waals surface area (Å²) in [6.45, 7) is 8.01. The number of carboxylic acid groups (broad SMARTS) is 1. The quantitative estimate of drug-likeness (QED) is 0.848. The standard InChI is InChI=1S/C20H24O2/c1-5-16(19(21)22)20(4,17-12-8-6-10-14(17)2)18-13-9-7-11-15(18)3/h6-13,16H,5H2,1-4H3,(H,21,22)/p-1. The van der Waals surface area contributed by atoms with Gasteiger partial charge in [0.1, 0.15) is 0 Å². The molecule has 0 aromatic heterocycles. The first-order chi connectivity index (χ1) is 10.4. The number of rotatable bonds is 5. The van der Waals surface area contributed by atoms with E-state index in [4.69, 9.17) is 0 Å². The first-order valence-corrected chi connectivity index (χ1v) is 7.76. The number of carboxylic acids is 1. The van der Waals surface area contributed by atoms with Crippen molar-refractivity contribution in [3.63, 3.8) is 0 Å². The van der Waals surface area contributed by atoms with E-state index >= 15 is 0 Å². The molecule has 0 bridgehead atoms. The molecule has 2 aromatic carbocycles. The fraction of sp³-hybridized carbons (Fsp3) is 0.350. The van der Waals surface area contributed by atoms with Gasteiger partial charge in [0.2, 0.25) is 0 Å². The highest BCUT2D eigenvalue weighted by molar-refractivity contribution is 5.72. The largest absolute Gasteiger partial charge is 0.550 e. The van der Waals surface area contributed by atoms with Gasteiger partial charge >= 0.3 is 0 Å². The number of carbonyl (C=O) groups is 1. The van der Waals surface area contributed by atoms with Crippen LogP contribution in [-0.4, -0.2) is 5.97 Å². The molecule has 0 aliphatic rings. The lowest BCUT2D eigenvalue weighted by atomic mass is 9.64. The molecule has 1 unspecified atom stereocenters. The van der Waals surface area contributed by atoms with Gasteiger partial charge in [-0.1, -0.05) is 62.4 Å². The fourth-order valence-corrected chi connectivity index (χ4v) is 3.64. The Morgan fingerprint density at radius 1 is 1.00 bits per heavy atom. The molecule has 0 saturated heterocycles. The van der Waals surface area contributed by atoms with E-state index in [1.807, 2.05) is 76.2 Å². The van der Waals surface area contributed by atoms with Gasteiger partial charge in [-0.05, 0) is 42.5 Å². The lowest BCUT2D eigenvalue weighted by Gasteiger charge is -2.41. The lowest BCUT2D eigenvalue weighted by molar-refractivity contribution is -0.313. The number of benzene rings is 2. The second-order valence-corrected chi connectivity index (χ2v) is 6.11. The predicted octanol–water partition coefficient (Wildman–Crippen LogP) is 3.39. The second kappa shape index (κ2) is 6.35. The summed E-state index contributed by atoms with van der Waals surface area (Å²) in [7, 11) is 0. The minimum atomic E-state index is -0.989. The zero-order chi connectivity index (χ0) is 16.3. The summed E-state index contributed by atoms with van der Waals surface area (Å²) in [5.41, 5.74) is 3.71. The van der Waals surface area contributed by atoms with Gasteiger partial charge in [-0.25, -0.2) is 0 Å². The molecule has 2 nitrogen and oxygen atoms in total. The van der Waals surface area contributed by atoms with Crippen LogP contribution in [0, 0.1) is 19.8 Å². The topological polar surface area (TPSA) is 40.1 Å². The molecule has 0 heterocycles. The average molecular weight is 295 g/mol. The molecule has 2 rings (SSSR count). The summed E-state index contributed by atoms with van der Waals surface area (Å²) in [6, 6.07) is 16.1. The zero-order valence-electron chi connectivity index (χ0n) is 13.7. The van der Waals surface area contributed by atoms with Crippen molar-refractivity contribution in [2.75, 3.05) is 0 Å². The van der Waals surface area contributed by atoms with Crippen LogP contribution >= 0.6 is 0 Å². The van der Waals surface area contributed by atoms with Gasteiger partial charge in [0, 0.05) is 17.3 Å². The molecule has 0 N–H and O–H groups in total. The van der Waals surface area contributed by atoms with Gasteiger partial charge in [0.05, 0.1) is 0 Å². The van der Waals surface area contributed by atoms with Gasteiger partial charge in [0.15, 0.2) is 0 Å². The van der Waals surface area contributed by atoms with Gasteiger partial charge in [-0.15, -0.1) is 0 Å². The molecule has 2 heteroatoms. The highest BCUT2D eigenvalue weighted by atomic mass is 16.4. The first kappa shape index (κ1) is 16.3. The minimum absolute atomic E-state index is 0.529. The Bertz CT molecular complexity index is 627. The van der Waals surface area contributed by atoms with Gasteiger partial charge in [-0.2, -0.15) is 0 Å². The first-order valence-electron chi connectivity index (χ1n) is 7.76. The van der Waals surface area contributed by atoms with E-state index in [0.717, 1.165) is 22.3 Å². The summed E-state index contributed by atoms with van der Waals surface area (Å²) in [6.07, 6.45) is 0.529. The Kier molecular flexibility index (Phi) is 4.70. The zero-order valence-corrected chi connectivity index (χ0v) is 13.7. The van der Waals surface area contributed by atoms with Crippen molar-refractivity contribution < 1.29 is 9.90 Å². The van der Waals surface area contributed by atoms with E-state index < -0.39 is 17.3 Å². The third kappa shape index (κ3) is 2.66. The van der Waals surface area contributed by atoms with Crippen LogP contribution in [-0.2, 0) is 10.2 Å². The number of hydrogen-bond acceptors (Lipinski definition) is 2. The molecule has 0 aliphatic heterocycles. The molecular formula is C20H23O2-. The van der Waals surface area contributed by atoms with Crippen LogP contribution in [0.4, 0.5) is 0 Å². The van der Waals surface area contributed by atoms with Crippen LogP contribution < -0.4 is 5.11 Å². The summed E-state index contributed by atoms with van der Waals surface area (Å²) < 4.78 is 0. The van der Waals surface area contributed by atoms with E-state index in [1.54, 1.807) is 0 Å². The monoisotopic (exact) mass is 295 g/mol. The predicted molar refractivity (Wildman–Crippen MR) is 87.6 cm³/mol. The van der Waals surface area contributed by atoms with Crippen molar-refractivity contribution in [2.45, 2.75) is 39.5 Å². The Hall–Kier alpha value is -2.09. The van der Waals surface area contributed by atoms with Crippen LogP contribution in [0.5, 0.6) is 0 Å². The Balaban J connectivity index is 2.78. The normalized spacial score (nSPS) is 12.9. The molecule has 2 aromatic rings. The van der Waals surface area contributed by atoms with Crippen LogP contribution in [0.3, 0.4) is 0 Å². The van der Waals surface area contributed by atoms with Crippen LogP contribution in [0.15, 0.2) is 48.5 Å². The van der Waals surface area contributed by atoms with Gasteiger partial charge in [0.25, 0.3) is 0 Å². The number of aliphatic carboxylic acids is 1. The highest BCUT2D eigenvalue weighted by Crippen LogP contribution is 2.43. The van der Waals surface area contributed by atoms with Gasteiger partial charge in [-0.3, -0.25) is 0 Å². The third-order valence-corrected chi connectivity index (χ3v) is 4.80. The number of aryl methyl sites for hydroxylation is 2. The van der Waals surface area contributed by atoms with Crippen molar-refractivity contribution in [2.24, 2.45) is 5.92 Å². The van der Waals surface area contributed by atoms with E-state index in [2.05, 4.69) is 0 Å². The Labute approximate surface area is 132 Å². The summed E-state index contributed by atoms with van der Waals surface area (Å²) in [5, 5.41) is 11.8. The Morgan fingerprint density at radius 2 is 1.41 bits per heavy atom. The molecule has 22 heavy (non-hydrogen) atoms. The second-order valence-electron chi connectivity index (χ2n) is 6.11. The summed E-state index contributed by atoms with van der Waals surface area (Å²) in [4.78, 5) is 11.8. The maximum Gasteiger partial charge on any atom is 0.0457 e. The number of carbonyl (C=O) groups excluding carboxylic acids is 1. The SMILES string of the molecule is CCC(C(=O)[O-])C(C)(c1ccccc1C)c1ccccc1C. The van der Waals surface area contributed by atoms with Crippen molar-refractivity contribution >= 4 is 5.97 Å². The molecule has 0 aliphatic carbocycles. The van der Waals surface area contributed by atoms with Crippen LogP contribution in [0.25, 0.3) is 0 Å². The molecule has 0 saturated carbocycles. The molecule has 0 spiro atoms. The maximum atomic E-state index is 11.8. The maximum absolute atomic E-state index is 11.8. The van der Waals surface area contributed by atoms with Crippen LogP contribution in [0.2, 0.25) is 0 Å².